The van der Waals surface area contributed by atoms with Gasteiger partial charge in [-0.25, -0.2) is 4.98 Å². The molecule has 0 saturated heterocycles. The molecule has 0 spiro atoms. The van der Waals surface area contributed by atoms with E-state index >= 15 is 0 Å². The van der Waals surface area contributed by atoms with Crippen molar-refractivity contribution in [2.24, 2.45) is 0 Å². The van der Waals surface area contributed by atoms with E-state index in [-0.39, 0.29) is 5.91 Å². The van der Waals surface area contributed by atoms with Crippen molar-refractivity contribution in [1.82, 2.24) is 9.88 Å². The van der Waals surface area contributed by atoms with Crippen LogP contribution in [0, 0.1) is 0 Å². The van der Waals surface area contributed by atoms with Gasteiger partial charge in [-0.15, -0.1) is 22.7 Å². The van der Waals surface area contributed by atoms with E-state index < -0.39 is 0 Å². The SMILES string of the molecule is CCN(Cc1ccc(Cl)s1)C(=O)/C=C/c1cscn1. The van der Waals surface area contributed by atoms with Crippen molar-refractivity contribution in [2.45, 2.75) is 13.5 Å². The number of aromatic nitrogens is 1. The Labute approximate surface area is 125 Å². The van der Waals surface area contributed by atoms with E-state index in [1.165, 1.54) is 22.7 Å². The third-order valence-electron chi connectivity index (χ3n) is 2.52. The first-order valence-electron chi connectivity index (χ1n) is 5.78. The lowest BCUT2D eigenvalue weighted by molar-refractivity contribution is -0.126. The van der Waals surface area contributed by atoms with Crippen LogP contribution in [0.3, 0.4) is 0 Å². The second-order valence-electron chi connectivity index (χ2n) is 3.80. The van der Waals surface area contributed by atoms with E-state index in [4.69, 9.17) is 11.6 Å². The second-order valence-corrected chi connectivity index (χ2v) is 6.32. The molecule has 6 heteroatoms. The predicted molar refractivity (Wildman–Crippen MR) is 81.6 cm³/mol. The van der Waals surface area contributed by atoms with E-state index in [0.717, 1.165) is 14.9 Å². The Morgan fingerprint density at radius 1 is 1.53 bits per heavy atom. The van der Waals surface area contributed by atoms with Crippen LogP contribution in [0.15, 0.2) is 29.1 Å². The van der Waals surface area contributed by atoms with Gasteiger partial charge in [0.2, 0.25) is 5.91 Å². The van der Waals surface area contributed by atoms with Crippen molar-refractivity contribution >= 4 is 46.3 Å². The van der Waals surface area contributed by atoms with Crippen molar-refractivity contribution in [3.63, 3.8) is 0 Å². The number of halogens is 1. The van der Waals surface area contributed by atoms with Gasteiger partial charge in [-0.05, 0) is 25.1 Å². The van der Waals surface area contributed by atoms with Crippen molar-refractivity contribution in [3.8, 4) is 0 Å². The summed E-state index contributed by atoms with van der Waals surface area (Å²) in [6.07, 6.45) is 3.30. The zero-order chi connectivity index (χ0) is 13.7. The van der Waals surface area contributed by atoms with Crippen molar-refractivity contribution in [2.75, 3.05) is 6.54 Å². The van der Waals surface area contributed by atoms with Gasteiger partial charge >= 0.3 is 0 Å². The molecule has 2 aromatic rings. The Morgan fingerprint density at radius 2 is 2.37 bits per heavy atom. The lowest BCUT2D eigenvalue weighted by atomic mass is 10.3. The quantitative estimate of drug-likeness (QED) is 0.784. The highest BCUT2D eigenvalue weighted by Crippen LogP contribution is 2.22. The molecule has 19 heavy (non-hydrogen) atoms. The van der Waals surface area contributed by atoms with Gasteiger partial charge in [0.05, 0.1) is 22.1 Å². The fourth-order valence-corrected chi connectivity index (χ4v) is 3.16. The monoisotopic (exact) mass is 312 g/mol. The number of hydrogen-bond donors (Lipinski definition) is 0. The summed E-state index contributed by atoms with van der Waals surface area (Å²) in [7, 11) is 0. The molecule has 2 heterocycles. The maximum absolute atomic E-state index is 12.1. The van der Waals surface area contributed by atoms with Gasteiger partial charge < -0.3 is 4.90 Å². The van der Waals surface area contributed by atoms with Crippen LogP contribution < -0.4 is 0 Å². The molecular weight excluding hydrogens is 300 g/mol. The number of nitrogens with zero attached hydrogens (tertiary/aromatic N) is 2. The maximum Gasteiger partial charge on any atom is 0.246 e. The van der Waals surface area contributed by atoms with Crippen LogP contribution in [-0.4, -0.2) is 22.3 Å². The number of thiazole rings is 1. The third-order valence-corrected chi connectivity index (χ3v) is 4.34. The highest BCUT2D eigenvalue weighted by Gasteiger charge is 2.10. The fraction of sp³-hybridized carbons (Fsp3) is 0.231. The number of thiophene rings is 1. The zero-order valence-corrected chi connectivity index (χ0v) is 12.8. The average Bonchev–Trinajstić information content (AvgIpc) is 3.04. The standard InChI is InChI=1S/C13H13ClN2OS2/c1-2-16(7-11-4-5-12(14)19-11)13(17)6-3-10-8-18-9-15-10/h3-6,8-9H,2,7H2,1H3/b6-3+. The zero-order valence-electron chi connectivity index (χ0n) is 10.4. The molecule has 0 N–H and O–H groups in total. The number of carbonyl (C=O) groups excluding carboxylic acids is 1. The third kappa shape index (κ3) is 4.16. The molecule has 2 rings (SSSR count). The van der Waals surface area contributed by atoms with Gasteiger partial charge in [0.25, 0.3) is 0 Å². The first kappa shape index (κ1) is 14.2. The molecule has 1 amide bonds. The summed E-state index contributed by atoms with van der Waals surface area (Å²) in [5.41, 5.74) is 2.56. The molecule has 100 valence electrons. The summed E-state index contributed by atoms with van der Waals surface area (Å²) in [4.78, 5) is 19.0. The Morgan fingerprint density at radius 3 is 2.95 bits per heavy atom. The van der Waals surface area contributed by atoms with Crippen molar-refractivity contribution < 1.29 is 4.79 Å². The number of amides is 1. The highest BCUT2D eigenvalue weighted by atomic mass is 35.5. The van der Waals surface area contributed by atoms with Crippen LogP contribution in [0.4, 0.5) is 0 Å². The average molecular weight is 313 g/mol. The van der Waals surface area contributed by atoms with Crippen LogP contribution in [0.2, 0.25) is 4.34 Å². The summed E-state index contributed by atoms with van der Waals surface area (Å²) in [6.45, 7) is 3.22. The molecule has 2 aromatic heterocycles. The van der Waals surface area contributed by atoms with Gasteiger partial charge in [0, 0.05) is 22.9 Å². The molecule has 0 bridgehead atoms. The van der Waals surface area contributed by atoms with E-state index in [9.17, 15) is 4.79 Å². The number of hydrogen-bond acceptors (Lipinski definition) is 4. The lowest BCUT2D eigenvalue weighted by Gasteiger charge is -2.17. The largest absolute Gasteiger partial charge is 0.334 e. The first-order valence-corrected chi connectivity index (χ1v) is 7.92. The fourth-order valence-electron chi connectivity index (χ4n) is 1.54. The number of rotatable bonds is 5. The van der Waals surface area contributed by atoms with Crippen LogP contribution in [0.5, 0.6) is 0 Å². The Hall–Kier alpha value is -1.17. The summed E-state index contributed by atoms with van der Waals surface area (Å²) >= 11 is 8.90. The second kappa shape index (κ2) is 6.84. The van der Waals surface area contributed by atoms with Gasteiger partial charge in [0.1, 0.15) is 0 Å². The van der Waals surface area contributed by atoms with Crippen LogP contribution in [-0.2, 0) is 11.3 Å². The minimum Gasteiger partial charge on any atom is -0.334 e. The molecule has 0 aromatic carbocycles. The summed E-state index contributed by atoms with van der Waals surface area (Å²) in [6, 6.07) is 3.80. The Balaban J connectivity index is 1.99. The van der Waals surface area contributed by atoms with E-state index in [0.29, 0.717) is 13.1 Å². The molecule has 3 nitrogen and oxygen atoms in total. The normalized spacial score (nSPS) is 11.1. The van der Waals surface area contributed by atoms with E-state index in [1.807, 2.05) is 24.4 Å². The summed E-state index contributed by atoms with van der Waals surface area (Å²) in [5.74, 6) is -0.0139. The molecule has 0 fully saturated rings. The summed E-state index contributed by atoms with van der Waals surface area (Å²) < 4.78 is 0.747. The van der Waals surface area contributed by atoms with E-state index in [1.54, 1.807) is 22.6 Å². The summed E-state index contributed by atoms with van der Waals surface area (Å²) in [5, 5.41) is 1.90. The predicted octanol–water partition coefficient (Wildman–Crippen LogP) is 3.92. The van der Waals surface area contributed by atoms with Crippen LogP contribution >= 0.6 is 34.3 Å². The minimum absolute atomic E-state index is 0.0139. The molecule has 0 aliphatic rings. The van der Waals surface area contributed by atoms with Gasteiger partial charge in [-0.1, -0.05) is 11.6 Å². The van der Waals surface area contributed by atoms with Crippen LogP contribution in [0.1, 0.15) is 17.5 Å². The lowest BCUT2D eigenvalue weighted by Crippen LogP contribution is -2.28. The van der Waals surface area contributed by atoms with Crippen molar-refractivity contribution in [1.29, 1.82) is 0 Å². The first-order chi connectivity index (χ1) is 9.19. The Bertz CT molecular complexity index is 563. The molecular formula is C13H13ClN2OS2. The molecule has 0 unspecified atom stereocenters. The Kier molecular flexibility index (Phi) is 5.13. The molecule has 0 atom stereocenters. The van der Waals surface area contributed by atoms with Crippen LogP contribution in [0.25, 0.3) is 6.08 Å². The minimum atomic E-state index is -0.0139. The smallest absolute Gasteiger partial charge is 0.246 e. The van der Waals surface area contributed by atoms with Gasteiger partial charge in [0.15, 0.2) is 0 Å². The van der Waals surface area contributed by atoms with Gasteiger partial charge in [-0.2, -0.15) is 0 Å². The topological polar surface area (TPSA) is 33.2 Å². The maximum atomic E-state index is 12.1. The molecule has 0 aliphatic heterocycles. The number of carbonyl (C=O) groups is 1. The molecule has 0 saturated carbocycles. The highest BCUT2D eigenvalue weighted by molar-refractivity contribution is 7.16. The van der Waals surface area contributed by atoms with Crippen molar-refractivity contribution in [3.05, 3.63) is 44.0 Å². The molecule has 0 aliphatic carbocycles. The number of likely N-dealkylation sites (N-methyl/N-ethyl adjacent to an activating group) is 1. The van der Waals surface area contributed by atoms with Gasteiger partial charge in [-0.3, -0.25) is 4.79 Å². The molecule has 0 radical (unpaired) electrons. The van der Waals surface area contributed by atoms with E-state index in [2.05, 4.69) is 4.98 Å².